The Hall–Kier alpha value is -1.78. The number of nitrogens with zero attached hydrogens (tertiary/aromatic N) is 4. The molecule has 2 aromatic heterocycles. The molecule has 0 atom stereocenters. The van der Waals surface area contributed by atoms with Crippen LogP contribution < -0.4 is 0 Å². The molecule has 2 rings (SSSR count). The van der Waals surface area contributed by atoms with Gasteiger partial charge < -0.3 is 5.11 Å². The first-order valence-corrected chi connectivity index (χ1v) is 2.98. The number of aromatic nitrogens is 4. The standard InChI is InChI=1S/C6H4N4O/c11-5-2-9-10-6-4(5)1-7-3-8-6/h1-3H,(H,7,8,10,11). The lowest BCUT2D eigenvalue weighted by Crippen LogP contribution is -1.87. The minimum absolute atomic E-state index is 0.0515. The van der Waals surface area contributed by atoms with E-state index in [0.717, 1.165) is 0 Å². The maximum Gasteiger partial charge on any atom is 0.188 e. The van der Waals surface area contributed by atoms with Crippen LogP contribution >= 0.6 is 0 Å². The first kappa shape index (κ1) is 5.96. The quantitative estimate of drug-likeness (QED) is 0.574. The van der Waals surface area contributed by atoms with Crippen LogP contribution in [-0.4, -0.2) is 25.3 Å². The van der Waals surface area contributed by atoms with Gasteiger partial charge in [-0.1, -0.05) is 0 Å². The van der Waals surface area contributed by atoms with E-state index in [9.17, 15) is 5.11 Å². The zero-order valence-electron chi connectivity index (χ0n) is 5.47. The van der Waals surface area contributed by atoms with Crippen molar-refractivity contribution in [3.8, 4) is 5.75 Å². The van der Waals surface area contributed by atoms with E-state index in [0.29, 0.717) is 11.0 Å². The fraction of sp³-hybridized carbons (Fsp3) is 0. The molecule has 0 fully saturated rings. The van der Waals surface area contributed by atoms with Gasteiger partial charge >= 0.3 is 0 Å². The Balaban J connectivity index is 2.91. The van der Waals surface area contributed by atoms with Crippen LogP contribution in [0, 0.1) is 0 Å². The van der Waals surface area contributed by atoms with Crippen molar-refractivity contribution >= 4 is 11.0 Å². The lowest BCUT2D eigenvalue weighted by atomic mass is 10.3. The average molecular weight is 148 g/mol. The lowest BCUT2D eigenvalue weighted by Gasteiger charge is -1.94. The molecule has 0 aliphatic carbocycles. The highest BCUT2D eigenvalue weighted by molar-refractivity contribution is 5.78. The number of aromatic hydroxyl groups is 1. The topological polar surface area (TPSA) is 71.8 Å². The van der Waals surface area contributed by atoms with Crippen LogP contribution in [-0.2, 0) is 0 Å². The fourth-order valence-electron chi connectivity index (χ4n) is 0.791. The highest BCUT2D eigenvalue weighted by Crippen LogP contribution is 2.16. The summed E-state index contributed by atoms with van der Waals surface area (Å²) in [6, 6.07) is 0. The highest BCUT2D eigenvalue weighted by atomic mass is 16.3. The van der Waals surface area contributed by atoms with Gasteiger partial charge in [-0.2, -0.15) is 5.10 Å². The Labute approximate surface area is 61.8 Å². The van der Waals surface area contributed by atoms with Gasteiger partial charge in [-0.25, -0.2) is 9.97 Å². The summed E-state index contributed by atoms with van der Waals surface area (Å²) < 4.78 is 0. The molecule has 5 heteroatoms. The molecule has 5 nitrogen and oxygen atoms in total. The van der Waals surface area contributed by atoms with Gasteiger partial charge in [0.15, 0.2) is 5.65 Å². The fourth-order valence-corrected chi connectivity index (χ4v) is 0.791. The summed E-state index contributed by atoms with van der Waals surface area (Å²) in [4.78, 5) is 7.53. The minimum atomic E-state index is 0.0515. The molecule has 0 unspecified atom stereocenters. The van der Waals surface area contributed by atoms with Crippen molar-refractivity contribution in [2.75, 3.05) is 0 Å². The zero-order valence-corrected chi connectivity index (χ0v) is 5.47. The van der Waals surface area contributed by atoms with E-state index in [1.807, 2.05) is 0 Å². The third kappa shape index (κ3) is 0.861. The Kier molecular flexibility index (Phi) is 1.15. The SMILES string of the molecule is Oc1cnnc2ncncc12. The summed E-state index contributed by atoms with van der Waals surface area (Å²) in [7, 11) is 0. The van der Waals surface area contributed by atoms with Gasteiger partial charge in [0.05, 0.1) is 11.6 Å². The summed E-state index contributed by atoms with van der Waals surface area (Å²) in [6.07, 6.45) is 4.11. The number of hydrogen-bond donors (Lipinski definition) is 1. The maximum atomic E-state index is 9.19. The molecule has 0 saturated heterocycles. The molecule has 1 N–H and O–H groups in total. The molecule has 0 spiro atoms. The second-order valence-electron chi connectivity index (χ2n) is 1.99. The summed E-state index contributed by atoms with van der Waals surface area (Å²) in [5, 5.41) is 16.9. The van der Waals surface area contributed by atoms with Crippen molar-refractivity contribution in [1.29, 1.82) is 0 Å². The molecule has 0 bridgehead atoms. The van der Waals surface area contributed by atoms with Gasteiger partial charge in [0.1, 0.15) is 12.1 Å². The first-order valence-electron chi connectivity index (χ1n) is 2.98. The van der Waals surface area contributed by atoms with Gasteiger partial charge in [0.2, 0.25) is 0 Å². The van der Waals surface area contributed by atoms with Crippen molar-refractivity contribution < 1.29 is 5.11 Å². The molecular weight excluding hydrogens is 144 g/mol. The number of hydrogen-bond acceptors (Lipinski definition) is 5. The monoisotopic (exact) mass is 148 g/mol. The van der Waals surface area contributed by atoms with Crippen molar-refractivity contribution in [1.82, 2.24) is 20.2 Å². The van der Waals surface area contributed by atoms with E-state index in [1.165, 1.54) is 18.7 Å². The van der Waals surface area contributed by atoms with Crippen LogP contribution in [0.3, 0.4) is 0 Å². The molecule has 11 heavy (non-hydrogen) atoms. The predicted molar refractivity (Wildman–Crippen MR) is 36.8 cm³/mol. The molecule has 0 aliphatic rings. The van der Waals surface area contributed by atoms with Gasteiger partial charge in [-0.3, -0.25) is 0 Å². The van der Waals surface area contributed by atoms with Gasteiger partial charge in [-0.05, 0) is 0 Å². The van der Waals surface area contributed by atoms with Gasteiger partial charge in [-0.15, -0.1) is 5.10 Å². The molecule has 0 amide bonds. The summed E-state index contributed by atoms with van der Waals surface area (Å²) in [6.45, 7) is 0. The number of fused-ring (bicyclic) bond motifs is 1. The van der Waals surface area contributed by atoms with Crippen molar-refractivity contribution in [3.63, 3.8) is 0 Å². The molecule has 0 saturated carbocycles. The molecule has 0 radical (unpaired) electrons. The Morgan fingerprint density at radius 2 is 2.18 bits per heavy atom. The van der Waals surface area contributed by atoms with Crippen LogP contribution in [0.2, 0.25) is 0 Å². The average Bonchev–Trinajstić information content (AvgIpc) is 2.06. The van der Waals surface area contributed by atoms with Gasteiger partial charge in [0.25, 0.3) is 0 Å². The van der Waals surface area contributed by atoms with Crippen LogP contribution in [0.25, 0.3) is 11.0 Å². The summed E-state index contributed by atoms with van der Waals surface area (Å²) >= 11 is 0. The van der Waals surface area contributed by atoms with E-state index in [2.05, 4.69) is 20.2 Å². The summed E-state index contributed by atoms with van der Waals surface area (Å²) in [5.41, 5.74) is 0.403. The van der Waals surface area contributed by atoms with E-state index in [4.69, 9.17) is 0 Å². The second-order valence-corrected chi connectivity index (χ2v) is 1.99. The zero-order chi connectivity index (χ0) is 7.68. The predicted octanol–water partition coefficient (Wildman–Crippen LogP) is 0.125. The van der Waals surface area contributed by atoms with E-state index >= 15 is 0 Å². The molecular formula is C6H4N4O. The Morgan fingerprint density at radius 1 is 1.27 bits per heavy atom. The smallest absolute Gasteiger partial charge is 0.188 e. The van der Waals surface area contributed by atoms with Crippen LogP contribution in [0.4, 0.5) is 0 Å². The van der Waals surface area contributed by atoms with Crippen molar-refractivity contribution in [2.45, 2.75) is 0 Å². The van der Waals surface area contributed by atoms with Crippen molar-refractivity contribution in [3.05, 3.63) is 18.7 Å². The van der Waals surface area contributed by atoms with Crippen molar-refractivity contribution in [2.24, 2.45) is 0 Å². The lowest BCUT2D eigenvalue weighted by molar-refractivity contribution is 0.477. The second kappa shape index (κ2) is 2.12. The molecule has 54 valence electrons. The maximum absolute atomic E-state index is 9.19. The molecule has 2 aromatic rings. The normalized spacial score (nSPS) is 10.2. The first-order chi connectivity index (χ1) is 5.38. The number of rotatable bonds is 0. The van der Waals surface area contributed by atoms with E-state index in [1.54, 1.807) is 0 Å². The van der Waals surface area contributed by atoms with Crippen LogP contribution in [0.5, 0.6) is 5.75 Å². The Morgan fingerprint density at radius 3 is 3.00 bits per heavy atom. The Bertz CT molecular complexity index is 384. The van der Waals surface area contributed by atoms with Crippen LogP contribution in [0.15, 0.2) is 18.7 Å². The van der Waals surface area contributed by atoms with E-state index in [-0.39, 0.29) is 5.75 Å². The largest absolute Gasteiger partial charge is 0.505 e. The molecule has 0 aliphatic heterocycles. The highest BCUT2D eigenvalue weighted by Gasteiger charge is 1.99. The third-order valence-corrected chi connectivity index (χ3v) is 1.30. The van der Waals surface area contributed by atoms with Gasteiger partial charge in [0, 0.05) is 6.20 Å². The third-order valence-electron chi connectivity index (χ3n) is 1.30. The van der Waals surface area contributed by atoms with E-state index < -0.39 is 0 Å². The summed E-state index contributed by atoms with van der Waals surface area (Å²) in [5.74, 6) is 0.0515. The van der Waals surface area contributed by atoms with Crippen LogP contribution in [0.1, 0.15) is 0 Å². The molecule has 2 heterocycles. The minimum Gasteiger partial charge on any atom is -0.505 e. The molecule has 0 aromatic carbocycles.